The SMILES string of the molecule is O=P(O)(O)COC[C@H]1O[C@@H](n2ccc3c(NC4CCCC4)nc(OCc4ccccn4)nc32)[C@H](O)[C@@H]1O. The predicted molar refractivity (Wildman–Crippen MR) is 131 cm³/mol. The molecule has 0 unspecified atom stereocenters. The minimum Gasteiger partial charge on any atom is -0.457 e. The van der Waals surface area contributed by atoms with Gasteiger partial charge in [-0.25, -0.2) is 0 Å². The number of nitrogens with one attached hydrogen (secondary N) is 1. The first-order chi connectivity index (χ1) is 17.8. The van der Waals surface area contributed by atoms with E-state index < -0.39 is 38.5 Å². The number of rotatable bonds is 10. The lowest BCUT2D eigenvalue weighted by atomic mass is 10.1. The highest BCUT2D eigenvalue weighted by Gasteiger charge is 2.44. The van der Waals surface area contributed by atoms with Gasteiger partial charge in [0.25, 0.3) is 0 Å². The summed E-state index contributed by atoms with van der Waals surface area (Å²) in [6.45, 7) is -0.142. The second-order valence-electron chi connectivity index (χ2n) is 9.26. The topological polar surface area (TPSA) is 181 Å². The van der Waals surface area contributed by atoms with Crippen molar-refractivity contribution in [1.82, 2.24) is 19.5 Å². The van der Waals surface area contributed by atoms with E-state index in [0.29, 0.717) is 22.5 Å². The summed E-state index contributed by atoms with van der Waals surface area (Å²) in [7, 11) is -4.38. The third-order valence-electron chi connectivity index (χ3n) is 6.48. The normalized spacial score (nSPS) is 24.6. The number of hydrogen-bond acceptors (Lipinski definition) is 10. The molecule has 1 aliphatic carbocycles. The Hall–Kier alpha value is -2.64. The number of fused-ring (bicyclic) bond motifs is 1. The van der Waals surface area contributed by atoms with Gasteiger partial charge < -0.3 is 44.1 Å². The summed E-state index contributed by atoms with van der Waals surface area (Å²) < 4.78 is 29.4. The Kier molecular flexibility index (Phi) is 7.72. The zero-order chi connectivity index (χ0) is 26.0. The molecule has 14 heteroatoms. The van der Waals surface area contributed by atoms with E-state index in [9.17, 15) is 14.8 Å². The van der Waals surface area contributed by atoms with Crippen molar-refractivity contribution in [3.8, 4) is 6.01 Å². The highest BCUT2D eigenvalue weighted by molar-refractivity contribution is 7.51. The van der Waals surface area contributed by atoms with Crippen molar-refractivity contribution in [3.05, 3.63) is 42.4 Å². The fourth-order valence-electron chi connectivity index (χ4n) is 4.66. The maximum atomic E-state index is 11.1. The summed E-state index contributed by atoms with van der Waals surface area (Å²) in [6, 6.07) is 7.70. The molecule has 2 aliphatic rings. The molecule has 1 saturated carbocycles. The Labute approximate surface area is 212 Å². The molecule has 0 bridgehead atoms. The summed E-state index contributed by atoms with van der Waals surface area (Å²) >= 11 is 0. The van der Waals surface area contributed by atoms with Gasteiger partial charge in [-0.15, -0.1) is 0 Å². The van der Waals surface area contributed by atoms with Crippen molar-refractivity contribution in [1.29, 1.82) is 0 Å². The molecule has 4 atom stereocenters. The lowest BCUT2D eigenvalue weighted by Gasteiger charge is -2.19. The third-order valence-corrected chi connectivity index (χ3v) is 6.99. The Balaban J connectivity index is 1.41. The van der Waals surface area contributed by atoms with Gasteiger partial charge in [0.1, 0.15) is 37.1 Å². The molecule has 5 rings (SSSR count). The van der Waals surface area contributed by atoms with E-state index in [2.05, 4.69) is 20.3 Å². The highest BCUT2D eigenvalue weighted by Crippen LogP contribution is 2.37. The molecule has 3 aromatic rings. The molecule has 5 N–H and O–H groups in total. The maximum absolute atomic E-state index is 11.1. The van der Waals surface area contributed by atoms with Crippen LogP contribution in [0.4, 0.5) is 5.82 Å². The first-order valence-electron chi connectivity index (χ1n) is 12.1. The molecule has 13 nitrogen and oxygen atoms in total. The molecule has 37 heavy (non-hydrogen) atoms. The molecular formula is C23H30N5O8P. The van der Waals surface area contributed by atoms with Crippen LogP contribution in [0.3, 0.4) is 0 Å². The van der Waals surface area contributed by atoms with Crippen molar-refractivity contribution in [3.63, 3.8) is 0 Å². The van der Waals surface area contributed by atoms with Crippen LogP contribution in [0.2, 0.25) is 0 Å². The van der Waals surface area contributed by atoms with Crippen LogP contribution in [0.25, 0.3) is 11.0 Å². The quantitative estimate of drug-likeness (QED) is 0.237. The van der Waals surface area contributed by atoms with E-state index in [1.54, 1.807) is 23.0 Å². The molecule has 2 fully saturated rings. The Morgan fingerprint density at radius 1 is 1.14 bits per heavy atom. The maximum Gasteiger partial charge on any atom is 0.350 e. The van der Waals surface area contributed by atoms with Crippen LogP contribution >= 0.6 is 7.60 Å². The Bertz CT molecular complexity index is 1250. The standard InChI is InChI=1S/C23H30N5O8P/c29-18-17(12-34-13-37(31,32)33)36-22(19(18)30)28-10-8-16-20(25-14-5-1-2-6-14)26-23(27-21(16)28)35-11-15-7-3-4-9-24-15/h3-4,7-10,14,17-19,22,29-30H,1-2,5-6,11-13H2,(H,25,26,27)(H2,31,32,33)/t17-,18-,19-,22-/m1/s1. The number of aromatic nitrogens is 4. The number of nitrogens with zero attached hydrogens (tertiary/aromatic N) is 4. The van der Waals surface area contributed by atoms with Gasteiger partial charge >= 0.3 is 13.6 Å². The van der Waals surface area contributed by atoms with E-state index in [0.717, 1.165) is 25.7 Å². The molecule has 0 aromatic carbocycles. The van der Waals surface area contributed by atoms with Crippen molar-refractivity contribution in [2.24, 2.45) is 0 Å². The number of ether oxygens (including phenoxy) is 3. The van der Waals surface area contributed by atoms with Crippen LogP contribution in [-0.2, 0) is 20.6 Å². The molecule has 200 valence electrons. The average Bonchev–Trinajstić information content (AvgIpc) is 3.59. The molecule has 0 radical (unpaired) electrons. The number of pyridine rings is 1. The summed E-state index contributed by atoms with van der Waals surface area (Å²) in [4.78, 5) is 31.4. The van der Waals surface area contributed by atoms with Crippen LogP contribution in [0.15, 0.2) is 36.7 Å². The fourth-order valence-corrected chi connectivity index (χ4v) is 5.01. The largest absolute Gasteiger partial charge is 0.457 e. The van der Waals surface area contributed by atoms with Crippen LogP contribution < -0.4 is 10.1 Å². The fraction of sp³-hybridized carbons (Fsp3) is 0.522. The summed E-state index contributed by atoms with van der Waals surface area (Å²) in [5, 5.41) is 25.4. The van der Waals surface area contributed by atoms with Gasteiger partial charge in [-0.1, -0.05) is 18.9 Å². The number of aliphatic hydroxyl groups is 2. The Morgan fingerprint density at radius 2 is 1.95 bits per heavy atom. The smallest absolute Gasteiger partial charge is 0.350 e. The van der Waals surface area contributed by atoms with Gasteiger partial charge in [-0.3, -0.25) is 9.55 Å². The monoisotopic (exact) mass is 535 g/mol. The summed E-state index contributed by atoms with van der Waals surface area (Å²) in [5.74, 6) is 0.598. The average molecular weight is 535 g/mol. The number of hydrogen-bond donors (Lipinski definition) is 5. The first-order valence-corrected chi connectivity index (χ1v) is 13.9. The van der Waals surface area contributed by atoms with E-state index >= 15 is 0 Å². The van der Waals surface area contributed by atoms with Gasteiger partial charge in [0.15, 0.2) is 11.9 Å². The lowest BCUT2D eigenvalue weighted by molar-refractivity contribution is -0.0611. The second kappa shape index (κ2) is 11.0. The molecule has 3 aromatic heterocycles. The van der Waals surface area contributed by atoms with E-state index in [-0.39, 0.29) is 25.3 Å². The zero-order valence-electron chi connectivity index (χ0n) is 20.0. The van der Waals surface area contributed by atoms with E-state index in [1.807, 2.05) is 18.2 Å². The number of anilines is 1. The molecule has 1 aliphatic heterocycles. The van der Waals surface area contributed by atoms with Crippen LogP contribution in [-0.4, -0.2) is 76.8 Å². The first kappa shape index (κ1) is 26.0. The highest BCUT2D eigenvalue weighted by atomic mass is 31.2. The summed E-state index contributed by atoms with van der Waals surface area (Å²) in [5.41, 5.74) is 1.14. The van der Waals surface area contributed by atoms with E-state index in [1.165, 1.54) is 0 Å². The number of aliphatic hydroxyl groups excluding tert-OH is 2. The van der Waals surface area contributed by atoms with Crippen LogP contribution in [0.1, 0.15) is 37.6 Å². The van der Waals surface area contributed by atoms with Crippen molar-refractivity contribution in [2.75, 3.05) is 18.3 Å². The van der Waals surface area contributed by atoms with Gasteiger partial charge in [0.05, 0.1) is 17.7 Å². The van der Waals surface area contributed by atoms with Gasteiger partial charge in [-0.05, 0) is 31.0 Å². The third kappa shape index (κ3) is 6.10. The zero-order valence-corrected chi connectivity index (χ0v) is 20.9. The van der Waals surface area contributed by atoms with Crippen LogP contribution in [0, 0.1) is 0 Å². The molecule has 4 heterocycles. The van der Waals surface area contributed by atoms with Crippen LogP contribution in [0.5, 0.6) is 6.01 Å². The predicted octanol–water partition coefficient (Wildman–Crippen LogP) is 1.53. The molecule has 0 amide bonds. The van der Waals surface area contributed by atoms with Crippen molar-refractivity contribution >= 4 is 24.4 Å². The molecular weight excluding hydrogens is 505 g/mol. The minimum atomic E-state index is -4.38. The van der Waals surface area contributed by atoms with Gasteiger partial charge in [0, 0.05) is 18.4 Å². The van der Waals surface area contributed by atoms with Crippen molar-refractivity contribution in [2.45, 2.75) is 62.9 Å². The summed E-state index contributed by atoms with van der Waals surface area (Å²) in [6.07, 6.45) is 2.20. The van der Waals surface area contributed by atoms with Gasteiger partial charge in [0.2, 0.25) is 0 Å². The lowest BCUT2D eigenvalue weighted by Crippen LogP contribution is -2.33. The molecule has 0 spiro atoms. The van der Waals surface area contributed by atoms with Gasteiger partial charge in [-0.2, -0.15) is 9.97 Å². The minimum absolute atomic E-state index is 0.119. The van der Waals surface area contributed by atoms with E-state index in [4.69, 9.17) is 24.0 Å². The second-order valence-corrected chi connectivity index (χ2v) is 10.8. The Morgan fingerprint density at radius 3 is 2.68 bits per heavy atom. The van der Waals surface area contributed by atoms with Crippen molar-refractivity contribution < 1.29 is 38.8 Å². The molecule has 1 saturated heterocycles.